The number of ether oxygens (including phenoxy) is 1. The number of hydrogen-bond acceptors (Lipinski definition) is 6. The zero-order valence-corrected chi connectivity index (χ0v) is 15.4. The van der Waals surface area contributed by atoms with E-state index in [1.807, 2.05) is 18.2 Å². The van der Waals surface area contributed by atoms with Gasteiger partial charge < -0.3 is 9.72 Å². The Morgan fingerprint density at radius 1 is 1.19 bits per heavy atom. The third kappa shape index (κ3) is 4.60. The van der Waals surface area contributed by atoms with Gasteiger partial charge in [-0.3, -0.25) is 14.4 Å². The van der Waals surface area contributed by atoms with Crippen LogP contribution < -0.4 is 5.56 Å². The highest BCUT2D eigenvalue weighted by molar-refractivity contribution is 7.99. The van der Waals surface area contributed by atoms with Gasteiger partial charge >= 0.3 is 5.97 Å². The Labute approximate surface area is 155 Å². The number of carbonyl (C=O) groups excluding carboxylic acids is 2. The minimum absolute atomic E-state index is 0.00982. The van der Waals surface area contributed by atoms with Gasteiger partial charge in [0.05, 0.1) is 25.0 Å². The smallest absolute Gasteiger partial charge is 0.311 e. The van der Waals surface area contributed by atoms with Crippen LogP contribution in [-0.4, -0.2) is 34.6 Å². The number of thioether (sulfide) groups is 1. The minimum atomic E-state index is -0.468. The van der Waals surface area contributed by atoms with Crippen molar-refractivity contribution in [2.75, 3.05) is 12.9 Å². The lowest BCUT2D eigenvalue weighted by Crippen LogP contribution is -2.14. The van der Waals surface area contributed by atoms with Gasteiger partial charge in [-0.1, -0.05) is 23.9 Å². The van der Waals surface area contributed by atoms with E-state index < -0.39 is 5.97 Å². The van der Waals surface area contributed by atoms with Crippen LogP contribution in [0.1, 0.15) is 40.0 Å². The number of benzene rings is 1. The van der Waals surface area contributed by atoms with Gasteiger partial charge in [0.25, 0.3) is 5.56 Å². The van der Waals surface area contributed by atoms with E-state index in [0.717, 1.165) is 31.0 Å². The number of aromatic nitrogens is 2. The molecule has 7 heteroatoms. The number of Topliss-reactive ketones (excluding diaryl/α,β-unsaturated/α-hetero) is 1. The number of rotatable bonds is 6. The number of H-pyrrole nitrogens is 1. The van der Waals surface area contributed by atoms with Gasteiger partial charge in [-0.05, 0) is 42.9 Å². The summed E-state index contributed by atoms with van der Waals surface area (Å²) in [5.41, 5.74) is 3.25. The predicted octanol–water partition coefficient (Wildman–Crippen LogP) is 2.34. The van der Waals surface area contributed by atoms with E-state index in [4.69, 9.17) is 0 Å². The van der Waals surface area contributed by atoms with Crippen molar-refractivity contribution in [3.63, 3.8) is 0 Å². The maximum absolute atomic E-state index is 12.5. The van der Waals surface area contributed by atoms with E-state index in [0.29, 0.717) is 16.4 Å². The van der Waals surface area contributed by atoms with E-state index in [2.05, 4.69) is 14.7 Å². The summed E-state index contributed by atoms with van der Waals surface area (Å²) >= 11 is 1.16. The maximum atomic E-state index is 12.5. The number of carbonyl (C=O) groups is 2. The van der Waals surface area contributed by atoms with Crippen molar-refractivity contribution in [2.24, 2.45) is 0 Å². The fraction of sp³-hybridized carbons (Fsp3) is 0.368. The van der Waals surface area contributed by atoms with E-state index in [-0.39, 0.29) is 23.5 Å². The number of nitrogens with one attached hydrogen (secondary N) is 1. The lowest BCUT2D eigenvalue weighted by atomic mass is 9.90. The summed E-state index contributed by atoms with van der Waals surface area (Å²) in [6, 6.07) is 7.16. The quantitative estimate of drug-likeness (QED) is 0.362. The molecule has 1 aromatic carbocycles. The van der Waals surface area contributed by atoms with Gasteiger partial charge in [0.2, 0.25) is 0 Å². The Morgan fingerprint density at radius 3 is 2.73 bits per heavy atom. The second-order valence-corrected chi connectivity index (χ2v) is 7.16. The van der Waals surface area contributed by atoms with Gasteiger partial charge in [-0.2, -0.15) is 0 Å². The number of nitrogens with zero attached hydrogens (tertiary/aromatic N) is 1. The van der Waals surface area contributed by atoms with Crippen molar-refractivity contribution in [3.8, 4) is 0 Å². The molecule has 0 fully saturated rings. The van der Waals surface area contributed by atoms with Crippen LogP contribution in [0.5, 0.6) is 0 Å². The third-order valence-electron chi connectivity index (χ3n) is 4.34. The molecule has 1 N–H and O–H groups in total. The molecule has 0 unspecified atom stereocenters. The van der Waals surface area contributed by atoms with Crippen LogP contribution in [0.15, 0.2) is 34.2 Å². The van der Waals surface area contributed by atoms with Crippen LogP contribution in [0, 0.1) is 0 Å². The molecule has 1 aliphatic rings. The second-order valence-electron chi connectivity index (χ2n) is 6.20. The number of fused-ring (bicyclic) bond motifs is 1. The van der Waals surface area contributed by atoms with Crippen molar-refractivity contribution in [2.45, 2.75) is 37.3 Å². The van der Waals surface area contributed by atoms with Crippen molar-refractivity contribution in [3.05, 3.63) is 57.0 Å². The number of methoxy groups -OCH3 is 1. The average molecular weight is 372 g/mol. The number of esters is 1. The highest BCUT2D eigenvalue weighted by Gasteiger charge is 2.14. The predicted molar refractivity (Wildman–Crippen MR) is 98.7 cm³/mol. The molecule has 0 aliphatic heterocycles. The fourth-order valence-electron chi connectivity index (χ4n) is 2.99. The van der Waals surface area contributed by atoms with Crippen LogP contribution in [0.4, 0.5) is 0 Å². The molecule has 1 aliphatic carbocycles. The largest absolute Gasteiger partial charge is 0.469 e. The molecule has 3 rings (SSSR count). The molecule has 136 valence electrons. The summed E-state index contributed by atoms with van der Waals surface area (Å²) in [6.07, 6.45) is 4.39. The molecular formula is C19H20N2O4S. The Kier molecular flexibility index (Phi) is 5.88. The van der Waals surface area contributed by atoms with E-state index in [1.165, 1.54) is 30.7 Å². The molecule has 26 heavy (non-hydrogen) atoms. The number of aryl methyl sites for hydroxylation is 2. The van der Waals surface area contributed by atoms with Crippen LogP contribution in [0.3, 0.4) is 0 Å². The molecule has 0 spiro atoms. The first kappa shape index (κ1) is 18.4. The molecule has 0 bridgehead atoms. The summed E-state index contributed by atoms with van der Waals surface area (Å²) < 4.78 is 4.58. The van der Waals surface area contributed by atoms with Crippen LogP contribution in [0.2, 0.25) is 0 Å². The van der Waals surface area contributed by atoms with Crippen LogP contribution >= 0.6 is 11.8 Å². The Morgan fingerprint density at radius 2 is 1.96 bits per heavy atom. The fourth-order valence-corrected chi connectivity index (χ4v) is 3.78. The van der Waals surface area contributed by atoms with Gasteiger partial charge in [0.15, 0.2) is 10.9 Å². The lowest BCUT2D eigenvalue weighted by molar-refractivity contribution is -0.139. The second kappa shape index (κ2) is 8.31. The molecular weight excluding hydrogens is 352 g/mol. The van der Waals surface area contributed by atoms with Gasteiger partial charge in [0, 0.05) is 11.6 Å². The molecule has 0 radical (unpaired) electrons. The minimum Gasteiger partial charge on any atom is -0.469 e. The molecule has 1 aromatic heterocycles. The molecule has 1 heterocycles. The molecule has 0 amide bonds. The van der Waals surface area contributed by atoms with Crippen molar-refractivity contribution >= 4 is 23.5 Å². The summed E-state index contributed by atoms with van der Waals surface area (Å²) in [4.78, 5) is 42.3. The van der Waals surface area contributed by atoms with Gasteiger partial charge in [-0.15, -0.1) is 0 Å². The lowest BCUT2D eigenvalue weighted by Gasteiger charge is -2.16. The zero-order chi connectivity index (χ0) is 18.5. The highest BCUT2D eigenvalue weighted by atomic mass is 32.2. The summed E-state index contributed by atoms with van der Waals surface area (Å²) in [6.45, 7) is 0. The number of aromatic amines is 1. The molecule has 0 saturated heterocycles. The molecule has 0 atom stereocenters. The van der Waals surface area contributed by atoms with E-state index in [9.17, 15) is 14.4 Å². The van der Waals surface area contributed by atoms with E-state index in [1.54, 1.807) is 0 Å². The van der Waals surface area contributed by atoms with Gasteiger partial charge in [0.1, 0.15) is 0 Å². The number of ketones is 1. The normalized spacial score (nSPS) is 13.1. The maximum Gasteiger partial charge on any atom is 0.311 e. The molecule has 0 saturated carbocycles. The summed E-state index contributed by atoms with van der Waals surface area (Å²) in [7, 11) is 1.28. The number of hydrogen-bond donors (Lipinski definition) is 1. The monoisotopic (exact) mass is 372 g/mol. The third-order valence-corrected chi connectivity index (χ3v) is 5.21. The van der Waals surface area contributed by atoms with Crippen molar-refractivity contribution < 1.29 is 14.3 Å². The topological polar surface area (TPSA) is 89.1 Å². The van der Waals surface area contributed by atoms with Gasteiger partial charge in [-0.25, -0.2) is 4.98 Å². The van der Waals surface area contributed by atoms with Crippen molar-refractivity contribution in [1.82, 2.24) is 9.97 Å². The Hall–Kier alpha value is -2.41. The van der Waals surface area contributed by atoms with Crippen LogP contribution in [-0.2, 0) is 28.8 Å². The van der Waals surface area contributed by atoms with Crippen molar-refractivity contribution in [1.29, 1.82) is 0 Å². The summed E-state index contributed by atoms with van der Waals surface area (Å²) in [5.74, 6) is -0.308. The first-order chi connectivity index (χ1) is 12.5. The zero-order valence-electron chi connectivity index (χ0n) is 14.5. The first-order valence-corrected chi connectivity index (χ1v) is 9.48. The average Bonchev–Trinajstić information content (AvgIpc) is 2.65. The first-order valence-electron chi connectivity index (χ1n) is 8.50. The SMILES string of the molecule is COC(=O)Cc1cc(=O)[nH]c(SCC(=O)c2ccc3c(c2)CCCC3)n1. The standard InChI is InChI=1S/C19H20N2O4S/c1-25-18(24)10-15-9-17(23)21-19(20-15)26-11-16(22)14-7-6-12-4-2-3-5-13(12)8-14/h6-9H,2-5,10-11H2,1H3,(H,20,21,23). The van der Waals surface area contributed by atoms with Crippen LogP contribution in [0.25, 0.3) is 0 Å². The Balaban J connectivity index is 1.67. The Bertz CT molecular complexity index is 891. The van der Waals surface area contributed by atoms with E-state index >= 15 is 0 Å². The molecule has 6 nitrogen and oxygen atoms in total. The highest BCUT2D eigenvalue weighted by Crippen LogP contribution is 2.23. The molecule has 2 aromatic rings. The summed E-state index contributed by atoms with van der Waals surface area (Å²) in [5, 5.41) is 0.322.